The van der Waals surface area contributed by atoms with Crippen molar-refractivity contribution in [2.45, 2.75) is 32.3 Å². The summed E-state index contributed by atoms with van der Waals surface area (Å²) < 4.78 is 5.61. The Balaban J connectivity index is 1.48. The van der Waals surface area contributed by atoms with E-state index in [1.54, 1.807) is 42.2 Å². The van der Waals surface area contributed by atoms with Crippen LogP contribution in [-0.2, 0) is 14.4 Å². The zero-order valence-electron chi connectivity index (χ0n) is 16.3. The summed E-state index contributed by atoms with van der Waals surface area (Å²) in [6, 6.07) is 14.4. The van der Waals surface area contributed by atoms with Crippen LogP contribution in [0.3, 0.4) is 0 Å². The predicted octanol–water partition coefficient (Wildman–Crippen LogP) is 2.96. The summed E-state index contributed by atoms with van der Waals surface area (Å²) in [6.07, 6.45) is 1.79. The van der Waals surface area contributed by atoms with E-state index in [1.165, 1.54) is 4.90 Å². The minimum absolute atomic E-state index is 0.101. The standard InChI is InChI=1S/C22H23N3O4/c1-15-22(28)25(18-9-2-3-10-19(18)29-15)14-20(26)23-16-7-6-8-17(13-16)24-12-5-4-11-21(24)27/h2-3,6-10,13,15H,4-5,11-12,14H2,1H3,(H,23,26). The predicted molar refractivity (Wildman–Crippen MR) is 110 cm³/mol. The lowest BCUT2D eigenvalue weighted by Gasteiger charge is -2.32. The summed E-state index contributed by atoms with van der Waals surface area (Å²) >= 11 is 0. The summed E-state index contributed by atoms with van der Waals surface area (Å²) in [4.78, 5) is 40.6. The first-order valence-electron chi connectivity index (χ1n) is 9.80. The highest BCUT2D eigenvalue weighted by Crippen LogP contribution is 2.33. The number of nitrogens with zero attached hydrogens (tertiary/aromatic N) is 2. The second kappa shape index (κ2) is 7.95. The number of hydrogen-bond donors (Lipinski definition) is 1. The van der Waals surface area contributed by atoms with E-state index in [1.807, 2.05) is 18.2 Å². The second-order valence-corrected chi connectivity index (χ2v) is 7.25. The third-order valence-electron chi connectivity index (χ3n) is 5.14. The van der Waals surface area contributed by atoms with E-state index in [-0.39, 0.29) is 24.3 Å². The zero-order valence-corrected chi connectivity index (χ0v) is 16.3. The average molecular weight is 393 g/mol. The largest absolute Gasteiger partial charge is 0.479 e. The SMILES string of the molecule is CC1Oc2ccccc2N(CC(=O)Nc2cccc(N3CCCCC3=O)c2)C1=O. The molecule has 2 aliphatic rings. The summed E-state index contributed by atoms with van der Waals surface area (Å²) in [6.45, 7) is 2.24. The van der Waals surface area contributed by atoms with Crippen molar-refractivity contribution in [2.24, 2.45) is 0 Å². The highest BCUT2D eigenvalue weighted by atomic mass is 16.5. The lowest BCUT2D eigenvalue weighted by Crippen LogP contribution is -2.47. The van der Waals surface area contributed by atoms with Crippen LogP contribution in [0.4, 0.5) is 17.1 Å². The Morgan fingerprint density at radius 3 is 2.79 bits per heavy atom. The Morgan fingerprint density at radius 1 is 1.14 bits per heavy atom. The number of anilines is 3. The number of benzene rings is 2. The van der Waals surface area contributed by atoms with Gasteiger partial charge in [0.05, 0.1) is 5.69 Å². The van der Waals surface area contributed by atoms with Crippen LogP contribution in [0.15, 0.2) is 48.5 Å². The first-order chi connectivity index (χ1) is 14.0. The fraction of sp³-hybridized carbons (Fsp3) is 0.318. The van der Waals surface area contributed by atoms with Crippen molar-refractivity contribution in [3.63, 3.8) is 0 Å². The Hall–Kier alpha value is -3.35. The van der Waals surface area contributed by atoms with E-state index in [0.29, 0.717) is 30.1 Å². The van der Waals surface area contributed by atoms with Crippen LogP contribution in [0, 0.1) is 0 Å². The van der Waals surface area contributed by atoms with Crippen LogP contribution in [0.25, 0.3) is 0 Å². The van der Waals surface area contributed by atoms with Gasteiger partial charge in [-0.1, -0.05) is 18.2 Å². The van der Waals surface area contributed by atoms with Gasteiger partial charge in [0.15, 0.2) is 6.10 Å². The Morgan fingerprint density at radius 2 is 1.97 bits per heavy atom. The molecule has 1 fully saturated rings. The quantitative estimate of drug-likeness (QED) is 0.866. The van der Waals surface area contributed by atoms with Gasteiger partial charge < -0.3 is 15.0 Å². The minimum atomic E-state index is -0.647. The van der Waals surface area contributed by atoms with E-state index in [9.17, 15) is 14.4 Å². The molecule has 2 aliphatic heterocycles. The normalized spacial score (nSPS) is 18.9. The molecular weight excluding hydrogens is 370 g/mol. The van der Waals surface area contributed by atoms with Crippen molar-refractivity contribution in [1.29, 1.82) is 0 Å². The molecule has 3 amide bonds. The number of rotatable bonds is 4. The Kier molecular flexibility index (Phi) is 5.20. The fourth-order valence-corrected chi connectivity index (χ4v) is 3.70. The number of ether oxygens (including phenoxy) is 1. The number of para-hydroxylation sites is 2. The maximum atomic E-state index is 12.7. The van der Waals surface area contributed by atoms with Crippen LogP contribution in [0.2, 0.25) is 0 Å². The average Bonchev–Trinajstić information content (AvgIpc) is 2.72. The number of nitrogens with one attached hydrogen (secondary N) is 1. The lowest BCUT2D eigenvalue weighted by atomic mass is 10.1. The van der Waals surface area contributed by atoms with Gasteiger partial charge >= 0.3 is 0 Å². The van der Waals surface area contributed by atoms with E-state index >= 15 is 0 Å². The van der Waals surface area contributed by atoms with Crippen molar-refractivity contribution in [3.8, 4) is 5.75 Å². The van der Waals surface area contributed by atoms with E-state index in [0.717, 1.165) is 18.5 Å². The minimum Gasteiger partial charge on any atom is -0.479 e. The van der Waals surface area contributed by atoms with Crippen LogP contribution < -0.4 is 19.9 Å². The van der Waals surface area contributed by atoms with Crippen molar-refractivity contribution < 1.29 is 19.1 Å². The van der Waals surface area contributed by atoms with Gasteiger partial charge in [0.2, 0.25) is 11.8 Å². The van der Waals surface area contributed by atoms with Gasteiger partial charge in [-0.3, -0.25) is 19.3 Å². The monoisotopic (exact) mass is 393 g/mol. The first-order valence-corrected chi connectivity index (χ1v) is 9.80. The molecule has 2 aromatic carbocycles. The van der Waals surface area contributed by atoms with Gasteiger partial charge in [0.25, 0.3) is 5.91 Å². The van der Waals surface area contributed by atoms with Crippen molar-refractivity contribution in [1.82, 2.24) is 0 Å². The van der Waals surface area contributed by atoms with Crippen LogP contribution in [-0.4, -0.2) is 36.9 Å². The highest BCUT2D eigenvalue weighted by Gasteiger charge is 2.32. The van der Waals surface area contributed by atoms with Gasteiger partial charge in [-0.25, -0.2) is 0 Å². The van der Waals surface area contributed by atoms with Crippen LogP contribution in [0.5, 0.6) is 5.75 Å². The molecule has 0 radical (unpaired) electrons. The molecule has 1 unspecified atom stereocenters. The molecule has 7 heteroatoms. The molecule has 150 valence electrons. The molecule has 4 rings (SSSR count). The number of piperidine rings is 1. The summed E-state index contributed by atoms with van der Waals surface area (Å²) in [7, 11) is 0. The van der Waals surface area contributed by atoms with Crippen LogP contribution in [0.1, 0.15) is 26.2 Å². The molecule has 0 bridgehead atoms. The molecule has 1 N–H and O–H groups in total. The summed E-state index contributed by atoms with van der Waals surface area (Å²) in [5, 5.41) is 2.84. The van der Waals surface area contributed by atoms with Gasteiger partial charge in [0.1, 0.15) is 12.3 Å². The molecule has 0 aromatic heterocycles. The second-order valence-electron chi connectivity index (χ2n) is 7.25. The van der Waals surface area contributed by atoms with Gasteiger partial charge in [-0.2, -0.15) is 0 Å². The van der Waals surface area contributed by atoms with Gasteiger partial charge in [-0.05, 0) is 50.1 Å². The van der Waals surface area contributed by atoms with E-state index in [4.69, 9.17) is 4.74 Å². The highest BCUT2D eigenvalue weighted by molar-refractivity contribution is 6.06. The van der Waals surface area contributed by atoms with E-state index < -0.39 is 6.10 Å². The van der Waals surface area contributed by atoms with Crippen molar-refractivity contribution in [3.05, 3.63) is 48.5 Å². The molecule has 0 aliphatic carbocycles. The molecule has 2 heterocycles. The molecule has 1 atom stereocenters. The zero-order chi connectivity index (χ0) is 20.4. The van der Waals surface area contributed by atoms with Gasteiger partial charge in [0, 0.05) is 24.3 Å². The van der Waals surface area contributed by atoms with E-state index in [2.05, 4.69) is 5.32 Å². The summed E-state index contributed by atoms with van der Waals surface area (Å²) in [5.74, 6) is 0.109. The third-order valence-corrected chi connectivity index (χ3v) is 5.14. The molecule has 7 nitrogen and oxygen atoms in total. The third kappa shape index (κ3) is 3.94. The summed E-state index contributed by atoms with van der Waals surface area (Å²) in [5.41, 5.74) is 1.94. The molecule has 0 saturated carbocycles. The molecule has 29 heavy (non-hydrogen) atoms. The lowest BCUT2D eigenvalue weighted by molar-refractivity contribution is -0.127. The smallest absolute Gasteiger partial charge is 0.268 e. The van der Waals surface area contributed by atoms with Crippen LogP contribution >= 0.6 is 0 Å². The number of carbonyl (C=O) groups excluding carboxylic acids is 3. The van der Waals surface area contributed by atoms with Crippen molar-refractivity contribution in [2.75, 3.05) is 28.2 Å². The topological polar surface area (TPSA) is 79.0 Å². The molecule has 1 saturated heterocycles. The maximum absolute atomic E-state index is 12.7. The number of fused-ring (bicyclic) bond motifs is 1. The van der Waals surface area contributed by atoms with Gasteiger partial charge in [-0.15, -0.1) is 0 Å². The Bertz CT molecular complexity index is 959. The molecular formula is C22H23N3O4. The van der Waals surface area contributed by atoms with Crippen molar-refractivity contribution >= 4 is 34.8 Å². The number of amides is 3. The molecule has 0 spiro atoms. The first kappa shape index (κ1) is 19.0. The fourth-order valence-electron chi connectivity index (χ4n) is 3.70. The maximum Gasteiger partial charge on any atom is 0.268 e. The number of hydrogen-bond acceptors (Lipinski definition) is 4. The molecule has 2 aromatic rings. The Labute approximate surface area is 169 Å². The number of carbonyl (C=O) groups is 3.